The van der Waals surface area contributed by atoms with Crippen molar-refractivity contribution in [3.8, 4) is 0 Å². The molecule has 0 aromatic heterocycles. The summed E-state index contributed by atoms with van der Waals surface area (Å²) in [5.74, 6) is 0. The summed E-state index contributed by atoms with van der Waals surface area (Å²) in [5.41, 5.74) is 1.48. The number of halogens is 1. The Bertz CT molecular complexity index is 380. The molecule has 15 heavy (non-hydrogen) atoms. The minimum absolute atomic E-state index is 0.533. The highest BCUT2D eigenvalue weighted by molar-refractivity contribution is 8.01. The molecule has 2 heteroatoms. The lowest BCUT2D eigenvalue weighted by Gasteiger charge is -2.32. The van der Waals surface area contributed by atoms with Crippen molar-refractivity contribution in [2.24, 2.45) is 0 Å². The molecule has 0 atom stereocenters. The molecule has 1 aromatic rings. The zero-order valence-corrected chi connectivity index (χ0v) is 10.3. The number of thioether (sulfide) groups is 1. The summed E-state index contributed by atoms with van der Waals surface area (Å²) in [5, 5.41) is 0.891. The van der Waals surface area contributed by atoms with Crippen molar-refractivity contribution in [2.75, 3.05) is 0 Å². The van der Waals surface area contributed by atoms with Crippen LogP contribution in [0.3, 0.4) is 0 Å². The van der Waals surface area contributed by atoms with Crippen LogP contribution in [0, 0.1) is 0 Å². The molecule has 1 aliphatic heterocycles. The molecule has 1 saturated carbocycles. The molecule has 0 nitrogen and oxygen atoms in total. The quantitative estimate of drug-likeness (QED) is 0.632. The number of fused-ring (bicyclic) bond motifs is 1. The van der Waals surface area contributed by atoms with E-state index < -0.39 is 0 Å². The fraction of sp³-hybridized carbons (Fsp3) is 0.538. The Labute approximate surface area is 100 Å². The molecule has 0 radical (unpaired) electrons. The van der Waals surface area contributed by atoms with Gasteiger partial charge in [0, 0.05) is 14.7 Å². The van der Waals surface area contributed by atoms with Crippen LogP contribution in [0.4, 0.5) is 0 Å². The first-order valence-electron chi connectivity index (χ1n) is 5.75. The van der Waals surface area contributed by atoms with E-state index in [0.29, 0.717) is 4.75 Å². The molecule has 80 valence electrons. The summed E-state index contributed by atoms with van der Waals surface area (Å²) in [6.07, 6.45) is 8.28. The van der Waals surface area contributed by atoms with Crippen LogP contribution in [-0.4, -0.2) is 4.75 Å². The Balaban J connectivity index is 1.90. The summed E-state index contributed by atoms with van der Waals surface area (Å²) in [7, 11) is 0. The van der Waals surface area contributed by atoms with E-state index in [1.165, 1.54) is 49.0 Å². The lowest BCUT2D eigenvalue weighted by molar-refractivity contribution is 0.400. The average Bonchev–Trinajstić information content (AvgIpc) is 2.56. The zero-order valence-electron chi connectivity index (χ0n) is 8.76. The van der Waals surface area contributed by atoms with Gasteiger partial charge in [-0.25, -0.2) is 0 Å². The standard InChI is InChI=1S/C13H15ClS/c14-11-4-5-12-10(8-11)9-13(15-12)6-2-1-3-7-13/h4-5,8H,1-3,6-7,9H2. The third-order valence-electron chi connectivity index (χ3n) is 3.63. The molecule has 0 amide bonds. The maximum atomic E-state index is 6.04. The van der Waals surface area contributed by atoms with Crippen LogP contribution in [0.15, 0.2) is 23.1 Å². The van der Waals surface area contributed by atoms with Crippen molar-refractivity contribution in [1.29, 1.82) is 0 Å². The molecule has 1 spiro atoms. The third kappa shape index (κ3) is 1.81. The lowest BCUT2D eigenvalue weighted by atomic mass is 9.84. The van der Waals surface area contributed by atoms with Gasteiger partial charge in [-0.05, 0) is 43.0 Å². The van der Waals surface area contributed by atoms with Gasteiger partial charge >= 0.3 is 0 Å². The van der Waals surface area contributed by atoms with E-state index in [2.05, 4.69) is 23.9 Å². The molecule has 1 aromatic carbocycles. The molecule has 1 fully saturated rings. The molecule has 1 heterocycles. The molecule has 0 bridgehead atoms. The van der Waals surface area contributed by atoms with Gasteiger partial charge in [-0.2, -0.15) is 0 Å². The first-order valence-corrected chi connectivity index (χ1v) is 6.94. The zero-order chi connectivity index (χ0) is 10.3. The van der Waals surface area contributed by atoms with Gasteiger partial charge in [0.25, 0.3) is 0 Å². The van der Waals surface area contributed by atoms with Gasteiger partial charge in [-0.3, -0.25) is 0 Å². The summed E-state index contributed by atoms with van der Waals surface area (Å²) >= 11 is 8.15. The third-order valence-corrected chi connectivity index (χ3v) is 5.47. The second-order valence-electron chi connectivity index (χ2n) is 4.77. The van der Waals surface area contributed by atoms with Crippen LogP contribution in [0.2, 0.25) is 5.02 Å². The van der Waals surface area contributed by atoms with Crippen molar-refractivity contribution in [3.63, 3.8) is 0 Å². The van der Waals surface area contributed by atoms with Crippen LogP contribution < -0.4 is 0 Å². The normalized spacial score (nSPS) is 23.0. The van der Waals surface area contributed by atoms with E-state index in [1.54, 1.807) is 0 Å². The Morgan fingerprint density at radius 1 is 1.13 bits per heavy atom. The number of hydrogen-bond acceptors (Lipinski definition) is 1. The van der Waals surface area contributed by atoms with Crippen molar-refractivity contribution < 1.29 is 0 Å². The maximum absolute atomic E-state index is 6.04. The van der Waals surface area contributed by atoms with E-state index in [4.69, 9.17) is 11.6 Å². The van der Waals surface area contributed by atoms with E-state index >= 15 is 0 Å². The van der Waals surface area contributed by atoms with Crippen molar-refractivity contribution >= 4 is 23.4 Å². The van der Waals surface area contributed by atoms with E-state index in [-0.39, 0.29) is 0 Å². The highest BCUT2D eigenvalue weighted by Gasteiger charge is 2.38. The number of hydrogen-bond donors (Lipinski definition) is 0. The highest BCUT2D eigenvalue weighted by Crippen LogP contribution is 2.52. The second kappa shape index (κ2) is 3.71. The first kappa shape index (κ1) is 10.0. The van der Waals surface area contributed by atoms with Gasteiger partial charge in [0.1, 0.15) is 0 Å². The second-order valence-corrected chi connectivity index (χ2v) is 6.72. The maximum Gasteiger partial charge on any atom is 0.0409 e. The average molecular weight is 239 g/mol. The predicted molar refractivity (Wildman–Crippen MR) is 66.8 cm³/mol. The van der Waals surface area contributed by atoms with Crippen LogP contribution in [0.1, 0.15) is 37.7 Å². The van der Waals surface area contributed by atoms with E-state index in [1.807, 2.05) is 6.07 Å². The Kier molecular flexibility index (Phi) is 2.48. The van der Waals surface area contributed by atoms with Crippen LogP contribution in [0.5, 0.6) is 0 Å². The predicted octanol–water partition coefficient (Wildman–Crippen LogP) is 4.69. The highest BCUT2D eigenvalue weighted by atomic mass is 35.5. The van der Waals surface area contributed by atoms with Crippen LogP contribution in [0.25, 0.3) is 0 Å². The Morgan fingerprint density at radius 2 is 1.93 bits per heavy atom. The first-order chi connectivity index (χ1) is 7.27. The molecule has 1 aliphatic carbocycles. The van der Waals surface area contributed by atoms with Gasteiger partial charge in [0.05, 0.1) is 0 Å². The van der Waals surface area contributed by atoms with Gasteiger partial charge in [-0.1, -0.05) is 30.9 Å². The molecular formula is C13H15ClS. The van der Waals surface area contributed by atoms with Crippen molar-refractivity contribution in [1.82, 2.24) is 0 Å². The Morgan fingerprint density at radius 3 is 2.73 bits per heavy atom. The molecule has 0 saturated heterocycles. The molecule has 0 unspecified atom stereocenters. The molecule has 2 aliphatic rings. The SMILES string of the molecule is Clc1ccc2c(c1)CC1(CCCCC1)S2. The van der Waals surface area contributed by atoms with Gasteiger partial charge in [0.15, 0.2) is 0 Å². The fourth-order valence-electron chi connectivity index (χ4n) is 2.88. The summed E-state index contributed by atoms with van der Waals surface area (Å²) in [6, 6.07) is 6.38. The summed E-state index contributed by atoms with van der Waals surface area (Å²) < 4.78 is 0.533. The largest absolute Gasteiger partial charge is 0.119 e. The summed E-state index contributed by atoms with van der Waals surface area (Å²) in [6.45, 7) is 0. The fourth-order valence-corrected chi connectivity index (χ4v) is 4.66. The van der Waals surface area contributed by atoms with Gasteiger partial charge in [-0.15, -0.1) is 11.8 Å². The van der Waals surface area contributed by atoms with E-state index in [9.17, 15) is 0 Å². The van der Waals surface area contributed by atoms with Crippen LogP contribution >= 0.6 is 23.4 Å². The minimum Gasteiger partial charge on any atom is -0.119 e. The molecular weight excluding hydrogens is 224 g/mol. The van der Waals surface area contributed by atoms with Crippen molar-refractivity contribution in [2.45, 2.75) is 48.2 Å². The molecule has 0 N–H and O–H groups in total. The smallest absolute Gasteiger partial charge is 0.0409 e. The lowest BCUT2D eigenvalue weighted by Crippen LogP contribution is -2.26. The number of rotatable bonds is 0. The monoisotopic (exact) mass is 238 g/mol. The van der Waals surface area contributed by atoms with Gasteiger partial charge < -0.3 is 0 Å². The molecule has 3 rings (SSSR count). The number of benzene rings is 1. The van der Waals surface area contributed by atoms with E-state index in [0.717, 1.165) is 5.02 Å². The van der Waals surface area contributed by atoms with Crippen molar-refractivity contribution in [3.05, 3.63) is 28.8 Å². The summed E-state index contributed by atoms with van der Waals surface area (Å²) in [4.78, 5) is 1.47. The van der Waals surface area contributed by atoms with Gasteiger partial charge in [0.2, 0.25) is 0 Å². The minimum atomic E-state index is 0.533. The Hall–Kier alpha value is -0.140. The van der Waals surface area contributed by atoms with Crippen LogP contribution in [-0.2, 0) is 6.42 Å². The topological polar surface area (TPSA) is 0 Å².